The molecule has 2 rings (SSSR count). The van der Waals surface area contributed by atoms with Gasteiger partial charge >= 0.3 is 13.4 Å². The fourth-order valence-electron chi connectivity index (χ4n) is 1.22. The summed E-state index contributed by atoms with van der Waals surface area (Å²) in [5.74, 6) is -0.909. The maximum absolute atomic E-state index is 10.7. The van der Waals surface area contributed by atoms with Gasteiger partial charge in [-0.1, -0.05) is 12.1 Å². The number of fused-ring (bicyclic) bond motifs is 1. The molecule has 1 aliphatic heterocycles. The second-order valence-corrected chi connectivity index (χ2v) is 2.52. The molecule has 0 saturated carbocycles. The zero-order valence-corrected chi connectivity index (χ0v) is 6.19. The third kappa shape index (κ3) is 0.924. The van der Waals surface area contributed by atoms with Crippen LogP contribution in [0.15, 0.2) is 23.1 Å². The molecule has 0 aromatic heterocycles. The highest BCUT2D eigenvalue weighted by Crippen LogP contribution is 2.04. The molecule has 12 heavy (non-hydrogen) atoms. The Bertz CT molecular complexity index is 373. The Hall–Kier alpha value is -1.58. The molecule has 1 N–H and O–H groups in total. The monoisotopic (exact) mass is 158 g/mol. The number of carboxylic acids is 1. The lowest BCUT2D eigenvalue weighted by molar-refractivity contribution is 0.0698. The highest BCUT2D eigenvalue weighted by Gasteiger charge is 2.16. The van der Waals surface area contributed by atoms with Crippen molar-refractivity contribution in [3.05, 3.63) is 29.3 Å². The SMILES string of the molecule is O=C(O)c1cccc2c1[B]N=C2. The van der Waals surface area contributed by atoms with Gasteiger partial charge in [-0.2, -0.15) is 0 Å². The normalized spacial score (nSPS) is 12.3. The molecule has 1 heterocycles. The molecule has 0 aliphatic carbocycles. The molecule has 0 fully saturated rings. The van der Waals surface area contributed by atoms with E-state index in [9.17, 15) is 4.79 Å². The van der Waals surface area contributed by atoms with E-state index in [0.717, 1.165) is 5.56 Å². The molecule has 3 nitrogen and oxygen atoms in total. The Labute approximate surface area is 70.0 Å². The van der Waals surface area contributed by atoms with Gasteiger partial charge in [-0.15, -0.1) is 0 Å². The molecule has 1 radical (unpaired) electrons. The largest absolute Gasteiger partial charge is 0.478 e. The Morgan fingerprint density at radius 2 is 2.33 bits per heavy atom. The van der Waals surface area contributed by atoms with Crippen LogP contribution in [0.4, 0.5) is 0 Å². The van der Waals surface area contributed by atoms with Crippen LogP contribution in [0.2, 0.25) is 0 Å². The lowest BCUT2D eigenvalue weighted by atomic mass is 9.80. The van der Waals surface area contributed by atoms with Crippen LogP contribution >= 0.6 is 0 Å². The van der Waals surface area contributed by atoms with Crippen LogP contribution in [0.1, 0.15) is 15.9 Å². The minimum atomic E-state index is -0.909. The van der Waals surface area contributed by atoms with Crippen LogP contribution in [-0.2, 0) is 0 Å². The van der Waals surface area contributed by atoms with E-state index in [4.69, 9.17) is 5.11 Å². The van der Waals surface area contributed by atoms with Crippen molar-refractivity contribution in [1.82, 2.24) is 0 Å². The summed E-state index contributed by atoms with van der Waals surface area (Å²) in [5.41, 5.74) is 1.88. The molecular weight excluding hydrogens is 153 g/mol. The number of rotatable bonds is 1. The third-order valence-electron chi connectivity index (χ3n) is 1.79. The first-order chi connectivity index (χ1) is 5.79. The van der Waals surface area contributed by atoms with Crippen molar-refractivity contribution in [3.8, 4) is 0 Å². The Morgan fingerprint density at radius 3 is 3.08 bits per heavy atom. The number of carboxylic acid groups (broad SMARTS) is 1. The quantitative estimate of drug-likeness (QED) is 0.587. The van der Waals surface area contributed by atoms with E-state index in [1.807, 2.05) is 6.07 Å². The number of nitrogens with zero attached hydrogens (tertiary/aromatic N) is 1. The number of hydrogen-bond acceptors (Lipinski definition) is 2. The summed E-state index contributed by atoms with van der Waals surface area (Å²) in [6.07, 6.45) is 1.65. The predicted molar refractivity (Wildman–Crippen MR) is 46.4 cm³/mol. The maximum atomic E-state index is 10.7. The second-order valence-electron chi connectivity index (χ2n) is 2.52. The molecular formula is C8H5BNO2. The van der Waals surface area contributed by atoms with Gasteiger partial charge in [0.05, 0.1) is 5.56 Å². The molecule has 0 bridgehead atoms. The van der Waals surface area contributed by atoms with Crippen molar-refractivity contribution in [1.29, 1.82) is 0 Å². The van der Waals surface area contributed by atoms with Gasteiger partial charge in [-0.25, -0.2) is 4.79 Å². The van der Waals surface area contributed by atoms with Gasteiger partial charge < -0.3 is 10.0 Å². The van der Waals surface area contributed by atoms with Gasteiger partial charge in [0, 0.05) is 6.21 Å². The highest BCUT2D eigenvalue weighted by atomic mass is 16.4. The summed E-state index contributed by atoms with van der Waals surface area (Å²) >= 11 is 0. The van der Waals surface area contributed by atoms with Crippen LogP contribution in [0.3, 0.4) is 0 Å². The van der Waals surface area contributed by atoms with Gasteiger partial charge in [0.25, 0.3) is 0 Å². The smallest absolute Gasteiger partial charge is 0.335 e. The van der Waals surface area contributed by atoms with Crippen LogP contribution < -0.4 is 5.46 Å². The van der Waals surface area contributed by atoms with E-state index >= 15 is 0 Å². The summed E-state index contributed by atoms with van der Waals surface area (Å²) in [6, 6.07) is 5.13. The Kier molecular flexibility index (Phi) is 1.47. The first kappa shape index (κ1) is 7.09. The first-order valence-electron chi connectivity index (χ1n) is 3.52. The van der Waals surface area contributed by atoms with Crippen molar-refractivity contribution in [2.24, 2.45) is 4.90 Å². The molecule has 4 heteroatoms. The number of carbonyl (C=O) groups is 1. The second kappa shape index (κ2) is 2.48. The number of hydrogen-bond donors (Lipinski definition) is 1. The Morgan fingerprint density at radius 1 is 1.50 bits per heavy atom. The van der Waals surface area contributed by atoms with E-state index in [-0.39, 0.29) is 0 Å². The Balaban J connectivity index is 2.60. The van der Waals surface area contributed by atoms with E-state index < -0.39 is 5.97 Å². The van der Waals surface area contributed by atoms with E-state index in [2.05, 4.69) is 4.90 Å². The summed E-state index contributed by atoms with van der Waals surface area (Å²) in [5, 5.41) is 8.77. The van der Waals surface area contributed by atoms with Gasteiger partial charge in [0.1, 0.15) is 0 Å². The molecule has 57 valence electrons. The van der Waals surface area contributed by atoms with Gasteiger partial charge in [-0.3, -0.25) is 0 Å². The van der Waals surface area contributed by atoms with Crippen LogP contribution in [-0.4, -0.2) is 24.7 Å². The lowest BCUT2D eigenvalue weighted by Crippen LogP contribution is -2.21. The molecule has 0 saturated heterocycles. The zero-order valence-electron chi connectivity index (χ0n) is 6.19. The standard InChI is InChI=1S/C8H5BNO2/c11-8(12)6-3-1-2-5-4-10-9-7(5)6/h1-4H,(H,11,12). The minimum absolute atomic E-state index is 0.310. The topological polar surface area (TPSA) is 49.7 Å². The molecule has 1 aliphatic rings. The van der Waals surface area contributed by atoms with Gasteiger partial charge in [-0.05, 0) is 17.1 Å². The van der Waals surface area contributed by atoms with Crippen molar-refractivity contribution in [3.63, 3.8) is 0 Å². The van der Waals surface area contributed by atoms with Gasteiger partial charge in [0.15, 0.2) is 0 Å². The molecule has 1 aromatic carbocycles. The third-order valence-corrected chi connectivity index (χ3v) is 1.79. The van der Waals surface area contributed by atoms with E-state index in [1.165, 1.54) is 0 Å². The first-order valence-corrected chi connectivity index (χ1v) is 3.52. The lowest BCUT2D eigenvalue weighted by Gasteiger charge is -2.00. The molecule has 0 atom stereocenters. The zero-order chi connectivity index (χ0) is 8.55. The minimum Gasteiger partial charge on any atom is -0.478 e. The summed E-state index contributed by atoms with van der Waals surface area (Å²) in [4.78, 5) is 14.6. The maximum Gasteiger partial charge on any atom is 0.335 e. The molecule has 0 amide bonds. The summed E-state index contributed by atoms with van der Waals surface area (Å²) in [6.45, 7) is 0. The van der Waals surface area contributed by atoms with Crippen LogP contribution in [0.25, 0.3) is 0 Å². The number of benzene rings is 1. The van der Waals surface area contributed by atoms with Crippen molar-refractivity contribution in [2.45, 2.75) is 0 Å². The van der Waals surface area contributed by atoms with E-state index in [0.29, 0.717) is 11.0 Å². The van der Waals surface area contributed by atoms with Gasteiger partial charge in [0.2, 0.25) is 0 Å². The average molecular weight is 158 g/mol. The molecule has 0 unspecified atom stereocenters. The van der Waals surface area contributed by atoms with Crippen molar-refractivity contribution >= 4 is 25.1 Å². The highest BCUT2D eigenvalue weighted by molar-refractivity contribution is 6.59. The summed E-state index contributed by atoms with van der Waals surface area (Å²) in [7, 11) is 1.57. The van der Waals surface area contributed by atoms with Crippen LogP contribution in [0, 0.1) is 0 Å². The average Bonchev–Trinajstić information content (AvgIpc) is 2.49. The fourth-order valence-corrected chi connectivity index (χ4v) is 1.22. The molecule has 0 spiro atoms. The summed E-state index contributed by atoms with van der Waals surface area (Å²) < 4.78 is 0. The van der Waals surface area contributed by atoms with E-state index in [1.54, 1.807) is 25.8 Å². The van der Waals surface area contributed by atoms with Crippen molar-refractivity contribution < 1.29 is 9.90 Å². The predicted octanol–water partition coefficient (Wildman–Crippen LogP) is 0.0618. The van der Waals surface area contributed by atoms with Crippen LogP contribution in [0.5, 0.6) is 0 Å². The fraction of sp³-hybridized carbons (Fsp3) is 0. The molecule has 1 aromatic rings. The number of aromatic carboxylic acids is 1. The van der Waals surface area contributed by atoms with Crippen molar-refractivity contribution in [2.75, 3.05) is 0 Å².